The Morgan fingerprint density at radius 3 is 3.06 bits per heavy atom. The molecule has 1 aliphatic rings. The van der Waals surface area contributed by atoms with Crippen LogP contribution in [0, 0.1) is 5.92 Å². The van der Waals surface area contributed by atoms with Crippen molar-refractivity contribution in [1.29, 1.82) is 0 Å². The Morgan fingerprint density at radius 2 is 2.44 bits per heavy atom. The fraction of sp³-hybridized carbons (Fsp3) is 0.818. The SMILES string of the molecule is CC(C)Cn1ncnc1CC1(N)CCOC1. The van der Waals surface area contributed by atoms with Gasteiger partial charge in [0.15, 0.2) is 0 Å². The number of hydrogen-bond donors (Lipinski definition) is 1. The molecule has 0 bridgehead atoms. The van der Waals surface area contributed by atoms with Gasteiger partial charge in [0.2, 0.25) is 0 Å². The molecule has 0 spiro atoms. The van der Waals surface area contributed by atoms with E-state index < -0.39 is 0 Å². The molecule has 90 valence electrons. The second kappa shape index (κ2) is 4.51. The van der Waals surface area contributed by atoms with Crippen LogP contribution < -0.4 is 5.73 Å². The number of hydrogen-bond acceptors (Lipinski definition) is 4. The quantitative estimate of drug-likeness (QED) is 0.813. The van der Waals surface area contributed by atoms with Gasteiger partial charge in [-0.3, -0.25) is 0 Å². The summed E-state index contributed by atoms with van der Waals surface area (Å²) >= 11 is 0. The zero-order valence-corrected chi connectivity index (χ0v) is 10.0. The van der Waals surface area contributed by atoms with Gasteiger partial charge in [0.05, 0.1) is 6.61 Å². The van der Waals surface area contributed by atoms with Crippen LogP contribution in [-0.4, -0.2) is 33.5 Å². The van der Waals surface area contributed by atoms with Crippen molar-refractivity contribution in [2.45, 2.75) is 38.8 Å². The number of aromatic nitrogens is 3. The molecule has 16 heavy (non-hydrogen) atoms. The molecule has 1 atom stereocenters. The lowest BCUT2D eigenvalue weighted by Crippen LogP contribution is -2.43. The number of nitrogens with zero attached hydrogens (tertiary/aromatic N) is 3. The summed E-state index contributed by atoms with van der Waals surface area (Å²) in [5.74, 6) is 1.54. The van der Waals surface area contributed by atoms with Crippen LogP contribution in [-0.2, 0) is 17.7 Å². The number of nitrogens with two attached hydrogens (primary N) is 1. The molecule has 1 aromatic heterocycles. The van der Waals surface area contributed by atoms with Crippen molar-refractivity contribution in [2.75, 3.05) is 13.2 Å². The average molecular weight is 224 g/mol. The van der Waals surface area contributed by atoms with Crippen LogP contribution in [0.25, 0.3) is 0 Å². The molecule has 5 heteroatoms. The third kappa shape index (κ3) is 2.59. The molecule has 1 aliphatic heterocycles. The molecule has 5 nitrogen and oxygen atoms in total. The van der Waals surface area contributed by atoms with Crippen LogP contribution in [0.5, 0.6) is 0 Å². The fourth-order valence-corrected chi connectivity index (χ4v) is 2.00. The van der Waals surface area contributed by atoms with Gasteiger partial charge in [-0.25, -0.2) is 9.67 Å². The van der Waals surface area contributed by atoms with Crippen LogP contribution in [0.15, 0.2) is 6.33 Å². The van der Waals surface area contributed by atoms with E-state index in [4.69, 9.17) is 10.5 Å². The highest BCUT2D eigenvalue weighted by Gasteiger charge is 2.32. The van der Waals surface area contributed by atoms with Gasteiger partial charge in [0, 0.05) is 25.1 Å². The summed E-state index contributed by atoms with van der Waals surface area (Å²) in [5.41, 5.74) is 6.00. The summed E-state index contributed by atoms with van der Waals surface area (Å²) in [7, 11) is 0. The van der Waals surface area contributed by atoms with Crippen LogP contribution in [0.2, 0.25) is 0 Å². The minimum atomic E-state index is -0.248. The average Bonchev–Trinajstić information content (AvgIpc) is 2.77. The van der Waals surface area contributed by atoms with E-state index in [-0.39, 0.29) is 5.54 Å². The van der Waals surface area contributed by atoms with E-state index in [1.54, 1.807) is 6.33 Å². The van der Waals surface area contributed by atoms with Crippen molar-refractivity contribution in [1.82, 2.24) is 14.8 Å². The summed E-state index contributed by atoms with van der Waals surface area (Å²) in [6.45, 7) is 6.62. The zero-order valence-electron chi connectivity index (χ0n) is 10.0. The molecule has 2 heterocycles. The van der Waals surface area contributed by atoms with Gasteiger partial charge in [-0.15, -0.1) is 0 Å². The van der Waals surface area contributed by atoms with Gasteiger partial charge in [0.25, 0.3) is 0 Å². The van der Waals surface area contributed by atoms with Crippen LogP contribution in [0.4, 0.5) is 0 Å². The van der Waals surface area contributed by atoms with Crippen LogP contribution in [0.1, 0.15) is 26.1 Å². The monoisotopic (exact) mass is 224 g/mol. The van der Waals surface area contributed by atoms with E-state index >= 15 is 0 Å². The molecular weight excluding hydrogens is 204 g/mol. The lowest BCUT2D eigenvalue weighted by Gasteiger charge is -2.21. The minimum Gasteiger partial charge on any atom is -0.379 e. The van der Waals surface area contributed by atoms with E-state index in [2.05, 4.69) is 23.9 Å². The molecule has 0 aromatic carbocycles. The summed E-state index contributed by atoms with van der Waals surface area (Å²) < 4.78 is 7.30. The minimum absolute atomic E-state index is 0.248. The standard InChI is InChI=1S/C11H20N4O/c1-9(2)6-15-10(13-8-14-15)5-11(12)3-4-16-7-11/h8-9H,3-7,12H2,1-2H3. The van der Waals surface area contributed by atoms with E-state index in [1.165, 1.54) is 0 Å². The highest BCUT2D eigenvalue weighted by Crippen LogP contribution is 2.20. The Hall–Kier alpha value is -0.940. The molecule has 1 saturated heterocycles. The number of rotatable bonds is 4. The molecular formula is C11H20N4O. The Bertz CT molecular complexity index is 342. The molecule has 0 aliphatic carbocycles. The van der Waals surface area contributed by atoms with E-state index in [1.807, 2.05) is 4.68 Å². The normalized spacial score (nSPS) is 25.5. The molecule has 0 saturated carbocycles. The molecule has 0 amide bonds. The van der Waals surface area contributed by atoms with Gasteiger partial charge in [0.1, 0.15) is 12.2 Å². The third-order valence-corrected chi connectivity index (χ3v) is 2.88. The Kier molecular flexibility index (Phi) is 3.25. The van der Waals surface area contributed by atoms with E-state index in [0.29, 0.717) is 12.5 Å². The molecule has 1 aromatic rings. The maximum absolute atomic E-state index is 6.24. The van der Waals surface area contributed by atoms with Crippen molar-refractivity contribution >= 4 is 0 Å². The summed E-state index contributed by atoms with van der Waals surface area (Å²) in [6.07, 6.45) is 3.26. The molecule has 2 N–H and O–H groups in total. The lowest BCUT2D eigenvalue weighted by atomic mass is 9.95. The van der Waals surface area contributed by atoms with Crippen molar-refractivity contribution in [3.8, 4) is 0 Å². The predicted molar refractivity (Wildman–Crippen MR) is 60.9 cm³/mol. The third-order valence-electron chi connectivity index (χ3n) is 2.88. The van der Waals surface area contributed by atoms with Crippen LogP contribution >= 0.6 is 0 Å². The zero-order chi connectivity index (χ0) is 11.6. The van der Waals surface area contributed by atoms with Gasteiger partial charge >= 0.3 is 0 Å². The van der Waals surface area contributed by atoms with Crippen LogP contribution in [0.3, 0.4) is 0 Å². The predicted octanol–water partition coefficient (Wildman–Crippen LogP) is 0.594. The van der Waals surface area contributed by atoms with Crippen molar-refractivity contribution in [3.63, 3.8) is 0 Å². The Morgan fingerprint density at radius 1 is 1.62 bits per heavy atom. The fourth-order valence-electron chi connectivity index (χ4n) is 2.00. The highest BCUT2D eigenvalue weighted by molar-refractivity contribution is 4.99. The first-order valence-electron chi connectivity index (χ1n) is 5.82. The molecule has 2 rings (SSSR count). The van der Waals surface area contributed by atoms with Gasteiger partial charge in [-0.1, -0.05) is 13.8 Å². The number of ether oxygens (including phenoxy) is 1. The van der Waals surface area contributed by atoms with Crippen molar-refractivity contribution < 1.29 is 4.74 Å². The molecule has 1 unspecified atom stereocenters. The van der Waals surface area contributed by atoms with Gasteiger partial charge < -0.3 is 10.5 Å². The second-order valence-corrected chi connectivity index (χ2v) is 5.09. The topological polar surface area (TPSA) is 66.0 Å². The smallest absolute Gasteiger partial charge is 0.138 e. The first kappa shape index (κ1) is 11.5. The lowest BCUT2D eigenvalue weighted by molar-refractivity contribution is 0.177. The first-order chi connectivity index (χ1) is 7.59. The highest BCUT2D eigenvalue weighted by atomic mass is 16.5. The van der Waals surface area contributed by atoms with E-state index in [0.717, 1.165) is 31.8 Å². The molecule has 1 fully saturated rings. The van der Waals surface area contributed by atoms with Crippen molar-refractivity contribution in [3.05, 3.63) is 12.2 Å². The van der Waals surface area contributed by atoms with Gasteiger partial charge in [-0.05, 0) is 12.3 Å². The van der Waals surface area contributed by atoms with Gasteiger partial charge in [-0.2, -0.15) is 5.10 Å². The Balaban J connectivity index is 2.06. The second-order valence-electron chi connectivity index (χ2n) is 5.09. The van der Waals surface area contributed by atoms with E-state index in [9.17, 15) is 0 Å². The first-order valence-corrected chi connectivity index (χ1v) is 5.82. The molecule has 0 radical (unpaired) electrons. The Labute approximate surface area is 96.0 Å². The summed E-state index contributed by atoms with van der Waals surface area (Å²) in [6, 6.07) is 0. The largest absolute Gasteiger partial charge is 0.379 e. The maximum atomic E-state index is 6.24. The van der Waals surface area contributed by atoms with Crippen molar-refractivity contribution in [2.24, 2.45) is 11.7 Å². The summed E-state index contributed by atoms with van der Waals surface area (Å²) in [5, 5.41) is 4.24. The summed E-state index contributed by atoms with van der Waals surface area (Å²) in [4.78, 5) is 4.29. The maximum Gasteiger partial charge on any atom is 0.138 e.